The molecule has 0 N–H and O–H groups in total. The van der Waals surface area contributed by atoms with Gasteiger partial charge >= 0.3 is 5.97 Å². The number of ether oxygens (including phenoxy) is 2. The lowest BCUT2D eigenvalue weighted by Gasteiger charge is -2.25. The average Bonchev–Trinajstić information content (AvgIpc) is 2.15. The van der Waals surface area contributed by atoms with Crippen LogP contribution in [0.4, 0.5) is 0 Å². The lowest BCUT2D eigenvalue weighted by molar-refractivity contribution is -0.103. The summed E-state index contributed by atoms with van der Waals surface area (Å²) in [5.74, 6) is -0.342. The third-order valence-electron chi connectivity index (χ3n) is 2.29. The number of aryl methyl sites for hydroxylation is 1. The van der Waals surface area contributed by atoms with Crippen molar-refractivity contribution in [2.24, 2.45) is 0 Å². The molecule has 0 saturated carbocycles. The van der Waals surface area contributed by atoms with E-state index >= 15 is 0 Å². The van der Waals surface area contributed by atoms with Crippen LogP contribution in [0.5, 0.6) is 0 Å². The second-order valence-electron chi connectivity index (χ2n) is 3.53. The molecule has 1 aromatic rings. The number of carbonyl (C=O) groups is 1. The highest BCUT2D eigenvalue weighted by Gasteiger charge is 2.23. The number of hydrogen-bond donors (Lipinski definition) is 0. The van der Waals surface area contributed by atoms with E-state index in [0.717, 1.165) is 5.56 Å². The van der Waals surface area contributed by atoms with Gasteiger partial charge in [-0.1, -0.05) is 17.7 Å². The number of benzene rings is 1. The second-order valence-corrected chi connectivity index (χ2v) is 3.94. The van der Waals surface area contributed by atoms with Crippen LogP contribution in [0.25, 0.3) is 0 Å². The maximum absolute atomic E-state index is 11.6. The summed E-state index contributed by atoms with van der Waals surface area (Å²) in [7, 11) is 0. The first-order valence-electron chi connectivity index (χ1n) is 4.71. The van der Waals surface area contributed by atoms with E-state index in [1.54, 1.807) is 18.2 Å². The maximum Gasteiger partial charge on any atom is 0.338 e. The molecule has 0 atom stereocenters. The lowest BCUT2D eigenvalue weighted by atomic mass is 10.1. The van der Waals surface area contributed by atoms with Crippen molar-refractivity contribution in [1.29, 1.82) is 0 Å². The van der Waals surface area contributed by atoms with E-state index in [-0.39, 0.29) is 12.1 Å². The molecule has 0 radical (unpaired) electrons. The Bertz CT molecular complexity index is 385. The van der Waals surface area contributed by atoms with E-state index in [2.05, 4.69) is 0 Å². The highest BCUT2D eigenvalue weighted by Crippen LogP contribution is 2.18. The van der Waals surface area contributed by atoms with Crippen molar-refractivity contribution in [2.75, 3.05) is 13.2 Å². The summed E-state index contributed by atoms with van der Waals surface area (Å²) in [6, 6.07) is 5.14. The third kappa shape index (κ3) is 2.30. The van der Waals surface area contributed by atoms with Crippen molar-refractivity contribution in [3.8, 4) is 0 Å². The van der Waals surface area contributed by atoms with Crippen LogP contribution >= 0.6 is 11.6 Å². The van der Waals surface area contributed by atoms with Gasteiger partial charge in [-0.3, -0.25) is 0 Å². The van der Waals surface area contributed by atoms with Gasteiger partial charge in [-0.2, -0.15) is 0 Å². The molecular weight excluding hydrogens is 216 g/mol. The first kappa shape index (κ1) is 10.5. The first-order valence-corrected chi connectivity index (χ1v) is 5.09. The van der Waals surface area contributed by atoms with E-state index in [1.807, 2.05) is 6.92 Å². The normalized spacial score (nSPS) is 15.9. The summed E-state index contributed by atoms with van der Waals surface area (Å²) in [6.45, 7) is 2.87. The summed E-state index contributed by atoms with van der Waals surface area (Å²) in [5.41, 5.74) is 1.43. The summed E-state index contributed by atoms with van der Waals surface area (Å²) >= 11 is 5.91. The summed E-state index contributed by atoms with van der Waals surface area (Å²) in [4.78, 5) is 11.6. The molecule has 1 aromatic carbocycles. The van der Waals surface area contributed by atoms with E-state index < -0.39 is 0 Å². The molecule has 2 rings (SSSR count). The van der Waals surface area contributed by atoms with Gasteiger partial charge in [0, 0.05) is 5.02 Å². The van der Waals surface area contributed by atoms with Crippen LogP contribution < -0.4 is 0 Å². The molecule has 1 saturated heterocycles. The minimum atomic E-state index is -0.342. The van der Waals surface area contributed by atoms with Crippen LogP contribution in [-0.4, -0.2) is 25.3 Å². The quantitative estimate of drug-likeness (QED) is 0.726. The molecule has 15 heavy (non-hydrogen) atoms. The van der Waals surface area contributed by atoms with Crippen LogP contribution in [-0.2, 0) is 9.47 Å². The maximum atomic E-state index is 11.6. The molecule has 1 aliphatic heterocycles. The first-order chi connectivity index (χ1) is 7.16. The van der Waals surface area contributed by atoms with Gasteiger partial charge in [-0.15, -0.1) is 0 Å². The molecule has 0 aliphatic carbocycles. The number of rotatable bonds is 2. The molecule has 0 bridgehead atoms. The van der Waals surface area contributed by atoms with E-state index in [0.29, 0.717) is 23.8 Å². The number of esters is 1. The number of hydrogen-bond acceptors (Lipinski definition) is 3. The zero-order valence-electron chi connectivity index (χ0n) is 8.33. The SMILES string of the molecule is Cc1ccc(C(=O)OC2COC2)cc1Cl. The Kier molecular flexibility index (Phi) is 2.93. The fourth-order valence-electron chi connectivity index (χ4n) is 1.22. The van der Waals surface area contributed by atoms with Crippen molar-refractivity contribution >= 4 is 17.6 Å². The van der Waals surface area contributed by atoms with Crippen molar-refractivity contribution in [1.82, 2.24) is 0 Å². The largest absolute Gasteiger partial charge is 0.454 e. The highest BCUT2D eigenvalue weighted by molar-refractivity contribution is 6.31. The van der Waals surface area contributed by atoms with Gasteiger partial charge in [0.05, 0.1) is 18.8 Å². The third-order valence-corrected chi connectivity index (χ3v) is 2.70. The monoisotopic (exact) mass is 226 g/mol. The average molecular weight is 227 g/mol. The smallest absolute Gasteiger partial charge is 0.338 e. The Morgan fingerprint density at radius 2 is 2.27 bits per heavy atom. The molecule has 1 heterocycles. The van der Waals surface area contributed by atoms with Gasteiger partial charge in [-0.05, 0) is 24.6 Å². The number of carbonyl (C=O) groups excluding carboxylic acids is 1. The van der Waals surface area contributed by atoms with Crippen LogP contribution in [0.2, 0.25) is 5.02 Å². The Morgan fingerprint density at radius 1 is 1.53 bits per heavy atom. The van der Waals surface area contributed by atoms with E-state index in [4.69, 9.17) is 21.1 Å². The Labute approximate surface area is 92.9 Å². The minimum absolute atomic E-state index is 0.0995. The molecule has 4 heteroatoms. The second kappa shape index (κ2) is 4.21. The van der Waals surface area contributed by atoms with Crippen LogP contribution in [0.1, 0.15) is 15.9 Å². The molecule has 0 unspecified atom stereocenters. The molecule has 3 nitrogen and oxygen atoms in total. The lowest BCUT2D eigenvalue weighted by Crippen LogP contribution is -2.37. The molecule has 0 spiro atoms. The van der Waals surface area contributed by atoms with Gasteiger partial charge in [0.2, 0.25) is 0 Å². The van der Waals surface area contributed by atoms with Crippen molar-refractivity contribution in [3.63, 3.8) is 0 Å². The van der Waals surface area contributed by atoms with E-state index in [9.17, 15) is 4.79 Å². The molecule has 80 valence electrons. The summed E-state index contributed by atoms with van der Waals surface area (Å²) in [6.07, 6.45) is -0.0995. The molecule has 1 aliphatic rings. The standard InChI is InChI=1S/C11H11ClO3/c1-7-2-3-8(4-10(7)12)11(13)15-9-5-14-6-9/h2-4,9H,5-6H2,1H3. The molecular formula is C11H11ClO3. The highest BCUT2D eigenvalue weighted by atomic mass is 35.5. The summed E-state index contributed by atoms with van der Waals surface area (Å²) in [5, 5.41) is 0.578. The molecule has 1 fully saturated rings. The predicted octanol–water partition coefficient (Wildman–Crippen LogP) is 2.20. The Morgan fingerprint density at radius 3 is 2.80 bits per heavy atom. The fraction of sp³-hybridized carbons (Fsp3) is 0.364. The van der Waals surface area contributed by atoms with Crippen molar-refractivity contribution < 1.29 is 14.3 Å². The Hall–Kier alpha value is -1.06. The molecule has 0 aromatic heterocycles. The minimum Gasteiger partial charge on any atom is -0.454 e. The Balaban J connectivity index is 2.07. The van der Waals surface area contributed by atoms with Gasteiger partial charge in [-0.25, -0.2) is 4.79 Å². The van der Waals surface area contributed by atoms with E-state index in [1.165, 1.54) is 0 Å². The zero-order valence-corrected chi connectivity index (χ0v) is 9.08. The van der Waals surface area contributed by atoms with Gasteiger partial charge < -0.3 is 9.47 Å². The zero-order chi connectivity index (χ0) is 10.8. The van der Waals surface area contributed by atoms with Crippen molar-refractivity contribution in [2.45, 2.75) is 13.0 Å². The van der Waals surface area contributed by atoms with Gasteiger partial charge in [0.1, 0.15) is 6.10 Å². The number of halogens is 1. The fourth-order valence-corrected chi connectivity index (χ4v) is 1.40. The van der Waals surface area contributed by atoms with Crippen LogP contribution in [0.15, 0.2) is 18.2 Å². The predicted molar refractivity (Wildman–Crippen MR) is 56.2 cm³/mol. The van der Waals surface area contributed by atoms with Crippen LogP contribution in [0.3, 0.4) is 0 Å². The van der Waals surface area contributed by atoms with Gasteiger partial charge in [0.25, 0.3) is 0 Å². The summed E-state index contributed by atoms with van der Waals surface area (Å²) < 4.78 is 10.1. The topological polar surface area (TPSA) is 35.5 Å². The van der Waals surface area contributed by atoms with Crippen LogP contribution in [0, 0.1) is 6.92 Å². The van der Waals surface area contributed by atoms with Gasteiger partial charge in [0.15, 0.2) is 0 Å². The van der Waals surface area contributed by atoms with Crippen molar-refractivity contribution in [3.05, 3.63) is 34.3 Å². The molecule has 0 amide bonds.